The lowest BCUT2D eigenvalue weighted by Crippen LogP contribution is -2.16. The highest BCUT2D eigenvalue weighted by atomic mass is 32.2. The van der Waals surface area contributed by atoms with Gasteiger partial charge >= 0.3 is 0 Å². The highest BCUT2D eigenvalue weighted by molar-refractivity contribution is 7.85. The number of hydrogen-bond donors (Lipinski definition) is 2. The Morgan fingerprint density at radius 1 is 1.31 bits per heavy atom. The van der Waals surface area contributed by atoms with Crippen molar-refractivity contribution >= 4 is 10.8 Å². The minimum Gasteiger partial charge on any atom is -0.387 e. The summed E-state index contributed by atoms with van der Waals surface area (Å²) in [6, 6.07) is 7.45. The Balaban J connectivity index is 2.65. The summed E-state index contributed by atoms with van der Waals surface area (Å²) in [5.74, 6) is 0.291. The van der Waals surface area contributed by atoms with Gasteiger partial charge in [-0.15, -0.1) is 0 Å². The van der Waals surface area contributed by atoms with Crippen molar-refractivity contribution < 1.29 is 9.32 Å². The van der Waals surface area contributed by atoms with E-state index in [4.69, 9.17) is 5.73 Å². The summed E-state index contributed by atoms with van der Waals surface area (Å²) in [7, 11) is -0.984. The van der Waals surface area contributed by atoms with Crippen LogP contribution in [-0.4, -0.2) is 20.3 Å². The summed E-state index contributed by atoms with van der Waals surface area (Å²) < 4.78 is 11.6. The van der Waals surface area contributed by atoms with Crippen LogP contribution in [0.5, 0.6) is 0 Å². The molecule has 3 nitrogen and oxygen atoms in total. The van der Waals surface area contributed by atoms with Crippen molar-refractivity contribution in [1.82, 2.24) is 0 Å². The van der Waals surface area contributed by atoms with E-state index in [-0.39, 0.29) is 5.25 Å². The zero-order valence-electron chi connectivity index (χ0n) is 9.72. The lowest BCUT2D eigenvalue weighted by Gasteiger charge is -2.12. The van der Waals surface area contributed by atoms with Gasteiger partial charge in [-0.2, -0.15) is 0 Å². The Hall–Kier alpha value is -0.710. The fourth-order valence-corrected chi connectivity index (χ4v) is 2.21. The summed E-state index contributed by atoms with van der Waals surface area (Å²) in [6.45, 7) is 4.27. The molecule has 3 N–H and O–H groups in total. The second-order valence-corrected chi connectivity index (χ2v) is 6.10. The molecule has 0 radical (unpaired) electrons. The lowest BCUT2D eigenvalue weighted by molar-refractivity contribution is 0.203. The first-order valence-corrected chi connectivity index (χ1v) is 6.77. The van der Waals surface area contributed by atoms with E-state index >= 15 is 0 Å². The molecule has 2 atom stereocenters. The highest BCUT2D eigenvalue weighted by Gasteiger charge is 2.13. The van der Waals surface area contributed by atoms with E-state index < -0.39 is 16.9 Å². The SMILES string of the molecule is CC(C)S(=O)CC(O)c1ccc(CN)cc1. The number of rotatable bonds is 5. The fourth-order valence-electron chi connectivity index (χ4n) is 1.32. The van der Waals surface area contributed by atoms with Crippen molar-refractivity contribution in [2.75, 3.05) is 5.75 Å². The van der Waals surface area contributed by atoms with E-state index in [1.54, 1.807) is 0 Å². The first-order chi connectivity index (χ1) is 7.54. The molecule has 4 heteroatoms. The average molecular weight is 241 g/mol. The van der Waals surface area contributed by atoms with E-state index in [2.05, 4.69) is 0 Å². The third kappa shape index (κ3) is 3.70. The second-order valence-electron chi connectivity index (χ2n) is 4.06. The monoisotopic (exact) mass is 241 g/mol. The average Bonchev–Trinajstić information content (AvgIpc) is 2.28. The number of aliphatic hydroxyl groups excluding tert-OH is 1. The minimum absolute atomic E-state index is 0.0814. The molecule has 1 rings (SSSR count). The van der Waals surface area contributed by atoms with E-state index in [1.807, 2.05) is 38.1 Å². The quantitative estimate of drug-likeness (QED) is 0.817. The molecule has 0 saturated heterocycles. The van der Waals surface area contributed by atoms with Gasteiger partial charge in [0.15, 0.2) is 0 Å². The molecule has 0 aliphatic rings. The van der Waals surface area contributed by atoms with Gasteiger partial charge in [-0.3, -0.25) is 4.21 Å². The van der Waals surface area contributed by atoms with Crippen LogP contribution < -0.4 is 5.73 Å². The summed E-state index contributed by atoms with van der Waals surface area (Å²) in [5.41, 5.74) is 7.31. The van der Waals surface area contributed by atoms with Crippen molar-refractivity contribution in [2.45, 2.75) is 31.7 Å². The maximum absolute atomic E-state index is 11.6. The van der Waals surface area contributed by atoms with E-state index in [1.165, 1.54) is 0 Å². The minimum atomic E-state index is -0.984. The van der Waals surface area contributed by atoms with E-state index in [0.29, 0.717) is 12.3 Å². The van der Waals surface area contributed by atoms with Crippen LogP contribution in [0.4, 0.5) is 0 Å². The van der Waals surface area contributed by atoms with E-state index in [0.717, 1.165) is 11.1 Å². The smallest absolute Gasteiger partial charge is 0.0905 e. The number of benzene rings is 1. The molecule has 0 spiro atoms. The molecule has 1 aromatic rings. The van der Waals surface area contributed by atoms with Crippen LogP contribution >= 0.6 is 0 Å². The molecule has 0 amide bonds. The van der Waals surface area contributed by atoms with Gasteiger partial charge < -0.3 is 10.8 Å². The summed E-state index contributed by atoms with van der Waals surface area (Å²) in [5, 5.41) is 9.96. The largest absolute Gasteiger partial charge is 0.387 e. The summed E-state index contributed by atoms with van der Waals surface area (Å²) in [4.78, 5) is 0. The molecule has 0 aromatic heterocycles. The van der Waals surface area contributed by atoms with Gasteiger partial charge in [-0.05, 0) is 11.1 Å². The number of hydrogen-bond acceptors (Lipinski definition) is 3. The van der Waals surface area contributed by atoms with E-state index in [9.17, 15) is 9.32 Å². The predicted molar refractivity (Wildman–Crippen MR) is 67.4 cm³/mol. The van der Waals surface area contributed by atoms with Gasteiger partial charge in [-0.25, -0.2) is 0 Å². The van der Waals surface area contributed by atoms with Crippen LogP contribution in [-0.2, 0) is 17.3 Å². The van der Waals surface area contributed by atoms with Crippen molar-refractivity contribution in [1.29, 1.82) is 0 Å². The van der Waals surface area contributed by atoms with Gasteiger partial charge in [0.05, 0.1) is 11.9 Å². The van der Waals surface area contributed by atoms with Gasteiger partial charge in [0.25, 0.3) is 0 Å². The normalized spacial score (nSPS) is 15.1. The predicted octanol–water partition coefficient (Wildman–Crippen LogP) is 1.34. The summed E-state index contributed by atoms with van der Waals surface area (Å²) >= 11 is 0. The Bertz CT molecular complexity index is 349. The van der Waals surface area contributed by atoms with Crippen molar-refractivity contribution in [2.24, 2.45) is 5.73 Å². The zero-order valence-corrected chi connectivity index (χ0v) is 10.5. The molecule has 0 bridgehead atoms. The molecule has 90 valence electrons. The van der Waals surface area contributed by atoms with Crippen LogP contribution in [0, 0.1) is 0 Å². The molecular formula is C12H19NO2S. The molecule has 2 unspecified atom stereocenters. The third-order valence-corrected chi connectivity index (χ3v) is 4.14. The van der Waals surface area contributed by atoms with Crippen LogP contribution in [0.15, 0.2) is 24.3 Å². The van der Waals surface area contributed by atoms with Crippen LogP contribution in [0.25, 0.3) is 0 Å². The number of nitrogens with two attached hydrogens (primary N) is 1. The van der Waals surface area contributed by atoms with Gasteiger partial charge in [0.1, 0.15) is 0 Å². The molecular weight excluding hydrogens is 222 g/mol. The van der Waals surface area contributed by atoms with Crippen LogP contribution in [0.2, 0.25) is 0 Å². The van der Waals surface area contributed by atoms with Crippen molar-refractivity contribution in [3.63, 3.8) is 0 Å². The summed E-state index contributed by atoms with van der Waals surface area (Å²) in [6.07, 6.45) is -0.657. The molecule has 0 saturated carbocycles. The second kappa shape index (κ2) is 6.13. The van der Waals surface area contributed by atoms with Gasteiger partial charge in [0, 0.05) is 22.6 Å². The number of aliphatic hydroxyl groups is 1. The molecule has 0 heterocycles. The van der Waals surface area contributed by atoms with Crippen LogP contribution in [0.3, 0.4) is 0 Å². The van der Waals surface area contributed by atoms with Crippen molar-refractivity contribution in [3.05, 3.63) is 35.4 Å². The topological polar surface area (TPSA) is 63.3 Å². The Labute approximate surface area is 99.1 Å². The maximum Gasteiger partial charge on any atom is 0.0905 e. The fraction of sp³-hybridized carbons (Fsp3) is 0.500. The maximum atomic E-state index is 11.6. The standard InChI is InChI=1S/C12H19NO2S/c1-9(2)16(15)8-12(14)11-5-3-10(7-13)4-6-11/h3-6,9,12,14H,7-8,13H2,1-2H3. The van der Waals surface area contributed by atoms with Crippen molar-refractivity contribution in [3.8, 4) is 0 Å². The van der Waals surface area contributed by atoms with Gasteiger partial charge in [-0.1, -0.05) is 38.1 Å². The first kappa shape index (κ1) is 13.4. The molecule has 1 aromatic carbocycles. The highest BCUT2D eigenvalue weighted by Crippen LogP contribution is 2.16. The zero-order chi connectivity index (χ0) is 12.1. The molecule has 16 heavy (non-hydrogen) atoms. The Kier molecular flexibility index (Phi) is 5.12. The first-order valence-electron chi connectivity index (χ1n) is 5.38. The molecule has 0 fully saturated rings. The third-order valence-electron chi connectivity index (χ3n) is 2.45. The molecule has 0 aliphatic heterocycles. The van der Waals surface area contributed by atoms with Gasteiger partial charge in [0.2, 0.25) is 0 Å². The van der Waals surface area contributed by atoms with Crippen LogP contribution in [0.1, 0.15) is 31.1 Å². The Morgan fingerprint density at radius 2 is 1.88 bits per heavy atom. The Morgan fingerprint density at radius 3 is 2.31 bits per heavy atom. The lowest BCUT2D eigenvalue weighted by atomic mass is 10.1. The molecule has 0 aliphatic carbocycles.